The first kappa shape index (κ1) is 16.8. The van der Waals surface area contributed by atoms with Crippen molar-refractivity contribution in [3.8, 4) is 0 Å². The van der Waals surface area contributed by atoms with Crippen molar-refractivity contribution < 1.29 is 13.2 Å². The molecular weight excluding hydrogens is 352 g/mol. The van der Waals surface area contributed by atoms with E-state index in [0.29, 0.717) is 23.8 Å². The molecule has 3 heterocycles. The van der Waals surface area contributed by atoms with E-state index in [1.807, 2.05) is 0 Å². The highest BCUT2D eigenvalue weighted by Crippen LogP contribution is 2.17. The summed E-state index contributed by atoms with van der Waals surface area (Å²) >= 11 is 5.72. The van der Waals surface area contributed by atoms with Gasteiger partial charge in [0.25, 0.3) is 5.91 Å². The molecule has 0 unspecified atom stereocenters. The van der Waals surface area contributed by atoms with Gasteiger partial charge in [-0.05, 0) is 24.3 Å². The van der Waals surface area contributed by atoms with Crippen LogP contribution in [0.25, 0.3) is 0 Å². The van der Waals surface area contributed by atoms with E-state index in [-0.39, 0.29) is 23.9 Å². The van der Waals surface area contributed by atoms with Gasteiger partial charge in [0.15, 0.2) is 0 Å². The van der Waals surface area contributed by atoms with Crippen molar-refractivity contribution >= 4 is 27.5 Å². The van der Waals surface area contributed by atoms with E-state index < -0.39 is 10.0 Å². The number of carbonyl (C=O) groups excluding carboxylic acids is 1. The van der Waals surface area contributed by atoms with Gasteiger partial charge in [0, 0.05) is 44.8 Å². The van der Waals surface area contributed by atoms with Crippen LogP contribution in [0.2, 0.25) is 5.15 Å². The topological polar surface area (TPSA) is 83.5 Å². The van der Waals surface area contributed by atoms with Gasteiger partial charge < -0.3 is 4.90 Å². The van der Waals surface area contributed by atoms with E-state index in [4.69, 9.17) is 11.6 Å². The molecule has 1 fully saturated rings. The van der Waals surface area contributed by atoms with Gasteiger partial charge in [0.2, 0.25) is 10.0 Å². The minimum atomic E-state index is -3.58. The molecule has 1 saturated heterocycles. The highest BCUT2D eigenvalue weighted by Gasteiger charge is 2.30. The SMILES string of the molecule is O=C(c1ccc(Cl)nc1)N1CCN(S(=O)(=O)c2cccnc2)CC1. The maximum absolute atomic E-state index is 12.5. The largest absolute Gasteiger partial charge is 0.336 e. The molecule has 2 aromatic rings. The van der Waals surface area contributed by atoms with E-state index in [2.05, 4.69) is 9.97 Å². The average molecular weight is 367 g/mol. The van der Waals surface area contributed by atoms with Gasteiger partial charge in [-0.3, -0.25) is 9.78 Å². The molecule has 0 spiro atoms. The Bertz CT molecular complexity index is 820. The Kier molecular flexibility index (Phi) is 4.79. The van der Waals surface area contributed by atoms with Gasteiger partial charge in [-0.15, -0.1) is 0 Å². The lowest BCUT2D eigenvalue weighted by Gasteiger charge is -2.33. The zero-order chi connectivity index (χ0) is 17.2. The molecular formula is C15H15ClN4O3S. The third kappa shape index (κ3) is 3.40. The van der Waals surface area contributed by atoms with Gasteiger partial charge in [-0.1, -0.05) is 11.6 Å². The molecule has 1 amide bonds. The maximum atomic E-state index is 12.5. The minimum Gasteiger partial charge on any atom is -0.336 e. The molecule has 3 rings (SSSR count). The normalized spacial score (nSPS) is 16.1. The molecule has 126 valence electrons. The summed E-state index contributed by atoms with van der Waals surface area (Å²) in [4.78, 5) is 21.9. The first-order chi connectivity index (χ1) is 11.5. The van der Waals surface area contributed by atoms with Gasteiger partial charge in [-0.2, -0.15) is 4.31 Å². The lowest BCUT2D eigenvalue weighted by atomic mass is 10.2. The van der Waals surface area contributed by atoms with Crippen molar-refractivity contribution in [1.82, 2.24) is 19.2 Å². The van der Waals surface area contributed by atoms with E-state index >= 15 is 0 Å². The Morgan fingerprint density at radius 1 is 1.08 bits per heavy atom. The second-order valence-corrected chi connectivity index (χ2v) is 7.58. The number of rotatable bonds is 3. The van der Waals surface area contributed by atoms with Crippen molar-refractivity contribution in [2.75, 3.05) is 26.2 Å². The first-order valence-corrected chi connectivity index (χ1v) is 9.11. The lowest BCUT2D eigenvalue weighted by Crippen LogP contribution is -2.50. The summed E-state index contributed by atoms with van der Waals surface area (Å²) in [6, 6.07) is 6.26. The van der Waals surface area contributed by atoms with Gasteiger partial charge in [-0.25, -0.2) is 13.4 Å². The Labute approximate surface area is 144 Å². The summed E-state index contributed by atoms with van der Waals surface area (Å²) in [6.45, 7) is 1.12. The maximum Gasteiger partial charge on any atom is 0.255 e. The van der Waals surface area contributed by atoms with Crippen molar-refractivity contribution in [1.29, 1.82) is 0 Å². The number of sulfonamides is 1. The van der Waals surface area contributed by atoms with Crippen LogP contribution in [-0.2, 0) is 10.0 Å². The number of halogens is 1. The highest BCUT2D eigenvalue weighted by molar-refractivity contribution is 7.89. The number of piperazine rings is 1. The summed E-state index contributed by atoms with van der Waals surface area (Å²) in [6.07, 6.45) is 4.27. The standard InChI is InChI=1S/C15H15ClN4O3S/c16-14-4-3-12(10-18-14)15(21)19-6-8-20(9-7-19)24(22,23)13-2-1-5-17-11-13/h1-5,10-11H,6-9H2. The number of hydrogen-bond acceptors (Lipinski definition) is 5. The van der Waals surface area contributed by atoms with Crippen molar-refractivity contribution in [2.24, 2.45) is 0 Å². The van der Waals surface area contributed by atoms with Crippen LogP contribution in [0.5, 0.6) is 0 Å². The molecule has 0 aromatic carbocycles. The molecule has 9 heteroatoms. The van der Waals surface area contributed by atoms with Crippen LogP contribution in [0.3, 0.4) is 0 Å². The predicted molar refractivity (Wildman–Crippen MR) is 88.1 cm³/mol. The molecule has 1 aliphatic rings. The molecule has 0 atom stereocenters. The van der Waals surface area contributed by atoms with Crippen LogP contribution in [-0.4, -0.2) is 59.7 Å². The molecule has 0 aliphatic carbocycles. The third-order valence-electron chi connectivity index (χ3n) is 3.77. The third-order valence-corrected chi connectivity index (χ3v) is 5.88. The van der Waals surface area contributed by atoms with Crippen molar-refractivity contribution in [2.45, 2.75) is 4.90 Å². The lowest BCUT2D eigenvalue weighted by molar-refractivity contribution is 0.0697. The summed E-state index contributed by atoms with van der Waals surface area (Å²) in [5.74, 6) is -0.183. The van der Waals surface area contributed by atoms with Crippen LogP contribution >= 0.6 is 11.6 Å². The van der Waals surface area contributed by atoms with Gasteiger partial charge >= 0.3 is 0 Å². The van der Waals surface area contributed by atoms with Crippen molar-refractivity contribution in [3.05, 3.63) is 53.6 Å². The fourth-order valence-corrected chi connectivity index (χ4v) is 3.96. The monoisotopic (exact) mass is 366 g/mol. The molecule has 7 nitrogen and oxygen atoms in total. The van der Waals surface area contributed by atoms with Crippen LogP contribution < -0.4 is 0 Å². The van der Waals surface area contributed by atoms with E-state index in [9.17, 15) is 13.2 Å². The number of hydrogen-bond donors (Lipinski definition) is 0. The fourth-order valence-electron chi connectivity index (χ4n) is 2.47. The molecule has 0 saturated carbocycles. The quantitative estimate of drug-likeness (QED) is 0.764. The van der Waals surface area contributed by atoms with E-state index in [1.54, 1.807) is 23.1 Å². The van der Waals surface area contributed by atoms with Crippen LogP contribution in [0, 0.1) is 0 Å². The van der Waals surface area contributed by atoms with Crippen LogP contribution in [0.1, 0.15) is 10.4 Å². The smallest absolute Gasteiger partial charge is 0.255 e. The minimum absolute atomic E-state index is 0.159. The summed E-state index contributed by atoms with van der Waals surface area (Å²) in [5, 5.41) is 0.318. The van der Waals surface area contributed by atoms with E-state index in [1.165, 1.54) is 29.0 Å². The molecule has 2 aromatic heterocycles. The second-order valence-electron chi connectivity index (χ2n) is 5.25. The second kappa shape index (κ2) is 6.84. The summed E-state index contributed by atoms with van der Waals surface area (Å²) in [5.41, 5.74) is 0.433. The molecule has 24 heavy (non-hydrogen) atoms. The number of aromatic nitrogens is 2. The zero-order valence-electron chi connectivity index (χ0n) is 12.7. The zero-order valence-corrected chi connectivity index (χ0v) is 14.2. The molecule has 0 N–H and O–H groups in total. The number of nitrogens with zero attached hydrogens (tertiary/aromatic N) is 4. The van der Waals surface area contributed by atoms with E-state index in [0.717, 1.165) is 0 Å². The van der Waals surface area contributed by atoms with Crippen LogP contribution in [0.15, 0.2) is 47.8 Å². The number of carbonyl (C=O) groups is 1. The molecule has 0 radical (unpaired) electrons. The van der Waals surface area contributed by atoms with Crippen molar-refractivity contribution in [3.63, 3.8) is 0 Å². The van der Waals surface area contributed by atoms with Crippen LogP contribution in [0.4, 0.5) is 0 Å². The summed E-state index contributed by atoms with van der Waals surface area (Å²) in [7, 11) is -3.58. The number of amides is 1. The highest BCUT2D eigenvalue weighted by atomic mass is 35.5. The van der Waals surface area contributed by atoms with Gasteiger partial charge in [0.05, 0.1) is 5.56 Å². The Morgan fingerprint density at radius 3 is 2.42 bits per heavy atom. The fraction of sp³-hybridized carbons (Fsp3) is 0.267. The molecule has 0 bridgehead atoms. The Balaban J connectivity index is 1.67. The van der Waals surface area contributed by atoms with Gasteiger partial charge in [0.1, 0.15) is 10.0 Å². The Hall–Kier alpha value is -2.03. The summed E-state index contributed by atoms with van der Waals surface area (Å²) < 4.78 is 26.4. The Morgan fingerprint density at radius 2 is 1.83 bits per heavy atom. The first-order valence-electron chi connectivity index (χ1n) is 7.29. The number of pyridine rings is 2. The molecule has 1 aliphatic heterocycles. The predicted octanol–water partition coefficient (Wildman–Crippen LogP) is 1.28. The average Bonchev–Trinajstić information content (AvgIpc) is 2.62.